The first-order chi connectivity index (χ1) is 10.3. The molecule has 0 saturated carbocycles. The molecule has 24 heavy (non-hydrogen) atoms. The molecule has 0 aromatic heterocycles. The largest absolute Gasteiger partial charge is 0.386 e. The molecule has 4 nitrogen and oxygen atoms in total. The first kappa shape index (κ1) is 21.0. The third-order valence-electron chi connectivity index (χ3n) is 3.83. The summed E-state index contributed by atoms with van der Waals surface area (Å²) in [5.74, 6) is -2.10. The van der Waals surface area contributed by atoms with E-state index in [4.69, 9.17) is 0 Å². The van der Waals surface area contributed by atoms with Crippen LogP contribution in [0.4, 0.5) is 8.78 Å². The molecular weight excluding hydrogens is 318 g/mol. The van der Waals surface area contributed by atoms with E-state index in [0.717, 1.165) is 0 Å². The number of benzene rings is 1. The molecule has 1 rings (SSSR count). The van der Waals surface area contributed by atoms with E-state index in [-0.39, 0.29) is 0 Å². The highest BCUT2D eigenvalue weighted by Gasteiger charge is 2.43. The zero-order valence-electron chi connectivity index (χ0n) is 15.5. The summed E-state index contributed by atoms with van der Waals surface area (Å²) in [7, 11) is 0. The van der Waals surface area contributed by atoms with Gasteiger partial charge in [0.05, 0.1) is 22.4 Å². The molecule has 0 aliphatic rings. The van der Waals surface area contributed by atoms with Gasteiger partial charge in [0.2, 0.25) is 0 Å². The van der Waals surface area contributed by atoms with E-state index in [9.17, 15) is 20.4 Å². The van der Waals surface area contributed by atoms with E-state index in [1.807, 2.05) is 0 Å². The van der Waals surface area contributed by atoms with Gasteiger partial charge in [0.15, 0.2) is 0 Å². The van der Waals surface area contributed by atoms with Crippen LogP contribution in [-0.4, -0.2) is 20.4 Å². The Morgan fingerprint density at radius 2 is 0.583 bits per heavy atom. The van der Waals surface area contributed by atoms with Gasteiger partial charge in [-0.3, -0.25) is 0 Å². The van der Waals surface area contributed by atoms with Crippen LogP contribution in [0, 0.1) is 11.6 Å². The Morgan fingerprint density at radius 3 is 0.667 bits per heavy atom. The molecule has 6 heteroatoms. The van der Waals surface area contributed by atoms with Gasteiger partial charge in [-0.1, -0.05) is 0 Å². The summed E-state index contributed by atoms with van der Waals surface area (Å²) < 4.78 is 30.6. The Labute approximate surface area is 141 Å². The van der Waals surface area contributed by atoms with Crippen LogP contribution in [0.2, 0.25) is 0 Å². The molecule has 1 aromatic carbocycles. The van der Waals surface area contributed by atoms with Gasteiger partial charge in [0, 0.05) is 22.3 Å². The normalized spacial score (nSPS) is 14.2. The maximum Gasteiger partial charge on any atom is 0.136 e. The van der Waals surface area contributed by atoms with Crippen LogP contribution in [0.3, 0.4) is 0 Å². The van der Waals surface area contributed by atoms with E-state index in [1.54, 1.807) is 0 Å². The van der Waals surface area contributed by atoms with E-state index >= 15 is 8.78 Å². The van der Waals surface area contributed by atoms with Crippen LogP contribution in [0.25, 0.3) is 0 Å². The molecule has 0 heterocycles. The number of rotatable bonds is 4. The van der Waals surface area contributed by atoms with Crippen molar-refractivity contribution in [3.05, 3.63) is 33.9 Å². The lowest BCUT2D eigenvalue weighted by atomic mass is 9.75. The van der Waals surface area contributed by atoms with E-state index in [1.165, 1.54) is 55.4 Å². The van der Waals surface area contributed by atoms with Crippen molar-refractivity contribution in [1.82, 2.24) is 0 Å². The minimum absolute atomic E-state index is 0.447. The molecule has 138 valence electrons. The number of halogens is 2. The highest BCUT2D eigenvalue weighted by Crippen LogP contribution is 2.44. The number of aliphatic hydroxyl groups is 4. The predicted molar refractivity (Wildman–Crippen MR) is 87.3 cm³/mol. The Hall–Kier alpha value is -1.08. The van der Waals surface area contributed by atoms with E-state index in [0.29, 0.717) is 0 Å². The van der Waals surface area contributed by atoms with Crippen molar-refractivity contribution in [2.24, 2.45) is 0 Å². The molecule has 0 amide bonds. The average Bonchev–Trinajstić information content (AvgIpc) is 2.24. The summed E-state index contributed by atoms with van der Waals surface area (Å²) in [6.45, 7) is 10.1. The quantitative estimate of drug-likeness (QED) is 0.676. The fourth-order valence-electron chi connectivity index (χ4n) is 2.99. The van der Waals surface area contributed by atoms with Crippen molar-refractivity contribution in [2.75, 3.05) is 0 Å². The highest BCUT2D eigenvalue weighted by molar-refractivity contribution is 5.50. The minimum Gasteiger partial charge on any atom is -0.386 e. The second kappa shape index (κ2) is 5.73. The van der Waals surface area contributed by atoms with Crippen LogP contribution in [0.5, 0.6) is 0 Å². The first-order valence-electron chi connectivity index (χ1n) is 7.77. The SMILES string of the molecule is CC(C)(O)c1c(F)c(C(C)(C)O)c(C(C)(C)O)c(F)c1C(C)(C)O. The Bertz CT molecular complexity index is 529. The fraction of sp³-hybridized carbons (Fsp3) is 0.667. The lowest BCUT2D eigenvalue weighted by molar-refractivity contribution is 0.0300. The van der Waals surface area contributed by atoms with Crippen LogP contribution in [-0.2, 0) is 22.4 Å². The van der Waals surface area contributed by atoms with Gasteiger partial charge in [-0.05, 0) is 55.4 Å². The second-order valence-electron chi connectivity index (χ2n) is 8.36. The zero-order chi connectivity index (χ0) is 19.5. The maximum atomic E-state index is 15.3. The Balaban J connectivity index is 4.28. The van der Waals surface area contributed by atoms with Gasteiger partial charge in [-0.15, -0.1) is 0 Å². The lowest BCUT2D eigenvalue weighted by Gasteiger charge is -2.36. The molecule has 0 radical (unpaired) electrons. The molecule has 0 aliphatic heterocycles. The molecule has 0 aliphatic carbocycles. The summed E-state index contributed by atoms with van der Waals surface area (Å²) >= 11 is 0. The van der Waals surface area contributed by atoms with Crippen LogP contribution < -0.4 is 0 Å². The summed E-state index contributed by atoms with van der Waals surface area (Å²) in [5.41, 5.74) is -9.07. The van der Waals surface area contributed by atoms with Crippen molar-refractivity contribution in [2.45, 2.75) is 77.8 Å². The summed E-state index contributed by atoms with van der Waals surface area (Å²) in [6.07, 6.45) is 0. The maximum absolute atomic E-state index is 15.3. The Morgan fingerprint density at radius 1 is 0.458 bits per heavy atom. The van der Waals surface area contributed by atoms with Gasteiger partial charge >= 0.3 is 0 Å². The third kappa shape index (κ3) is 3.77. The summed E-state index contributed by atoms with van der Waals surface area (Å²) in [5, 5.41) is 41.4. The molecular formula is C18H28F2O4. The predicted octanol–water partition coefficient (Wildman–Crippen LogP) is 2.87. The van der Waals surface area contributed by atoms with Crippen molar-refractivity contribution in [3.8, 4) is 0 Å². The monoisotopic (exact) mass is 346 g/mol. The first-order valence-corrected chi connectivity index (χ1v) is 7.77. The van der Waals surface area contributed by atoms with Crippen LogP contribution in [0.15, 0.2) is 0 Å². The molecule has 0 bridgehead atoms. The van der Waals surface area contributed by atoms with E-state index < -0.39 is 56.3 Å². The van der Waals surface area contributed by atoms with E-state index in [2.05, 4.69) is 0 Å². The standard InChI is InChI=1S/C18H28F2O4/c1-15(2,21)9-10(16(3,4)22)14(20)12(18(7,8)24)11(13(9)19)17(5,6)23/h21-24H,1-8H3. The van der Waals surface area contributed by atoms with Gasteiger partial charge in [-0.25, -0.2) is 8.78 Å². The Kier molecular flexibility index (Phi) is 5.00. The molecule has 0 atom stereocenters. The van der Waals surface area contributed by atoms with Crippen molar-refractivity contribution in [3.63, 3.8) is 0 Å². The molecule has 1 aromatic rings. The number of hydrogen-bond acceptors (Lipinski definition) is 4. The van der Waals surface area contributed by atoms with Crippen LogP contribution in [0.1, 0.15) is 77.6 Å². The summed E-state index contributed by atoms with van der Waals surface area (Å²) in [4.78, 5) is 0. The molecule has 4 N–H and O–H groups in total. The van der Waals surface area contributed by atoms with Crippen molar-refractivity contribution >= 4 is 0 Å². The lowest BCUT2D eigenvalue weighted by Crippen LogP contribution is -2.36. The minimum atomic E-state index is -1.82. The van der Waals surface area contributed by atoms with Gasteiger partial charge in [0.1, 0.15) is 11.6 Å². The number of hydrogen-bond donors (Lipinski definition) is 4. The van der Waals surface area contributed by atoms with Gasteiger partial charge < -0.3 is 20.4 Å². The highest BCUT2D eigenvalue weighted by atomic mass is 19.1. The van der Waals surface area contributed by atoms with Crippen molar-refractivity contribution < 1.29 is 29.2 Å². The van der Waals surface area contributed by atoms with Crippen LogP contribution >= 0.6 is 0 Å². The zero-order valence-corrected chi connectivity index (χ0v) is 15.5. The van der Waals surface area contributed by atoms with Gasteiger partial charge in [-0.2, -0.15) is 0 Å². The second-order valence-corrected chi connectivity index (χ2v) is 8.36. The average molecular weight is 346 g/mol. The summed E-state index contributed by atoms with van der Waals surface area (Å²) in [6, 6.07) is 0. The topological polar surface area (TPSA) is 80.9 Å². The third-order valence-corrected chi connectivity index (χ3v) is 3.83. The van der Waals surface area contributed by atoms with Gasteiger partial charge in [0.25, 0.3) is 0 Å². The molecule has 0 fully saturated rings. The van der Waals surface area contributed by atoms with Crippen molar-refractivity contribution in [1.29, 1.82) is 0 Å². The smallest absolute Gasteiger partial charge is 0.136 e. The molecule has 0 saturated heterocycles. The molecule has 0 spiro atoms. The molecule has 0 unspecified atom stereocenters. The fourth-order valence-corrected chi connectivity index (χ4v) is 2.99.